The predicted octanol–water partition coefficient (Wildman–Crippen LogP) is 4.22. The van der Waals surface area contributed by atoms with Gasteiger partial charge in [-0.05, 0) is 74.8 Å². The summed E-state index contributed by atoms with van der Waals surface area (Å²) in [5, 5.41) is 0. The van der Waals surface area contributed by atoms with Crippen molar-refractivity contribution in [3.05, 3.63) is 40.1 Å². The van der Waals surface area contributed by atoms with E-state index in [9.17, 15) is 22.8 Å². The van der Waals surface area contributed by atoms with Crippen LogP contribution in [-0.4, -0.2) is 57.6 Å². The first-order valence-corrected chi connectivity index (χ1v) is 15.0. The van der Waals surface area contributed by atoms with E-state index in [-0.39, 0.29) is 28.7 Å². The van der Waals surface area contributed by atoms with Gasteiger partial charge in [-0.1, -0.05) is 25.7 Å². The van der Waals surface area contributed by atoms with Gasteiger partial charge in [-0.15, -0.1) is 0 Å². The molecule has 2 N–H and O–H groups in total. The third kappa shape index (κ3) is 4.48. The first-order chi connectivity index (χ1) is 19.1. The maximum absolute atomic E-state index is 14.3. The molecule has 5 aliphatic rings. The molecule has 2 aliphatic heterocycles. The number of hydrogen-bond acceptors (Lipinski definition) is 5. The minimum Gasteiger partial charge on any atom is -0.338 e. The standard InChI is InChI=1S/C29H39F3N6O2/c1-35-17-33-34-25(35)24(18-4-2-5-18)19-6-3-7-21(12-19)37-15-23-22(29(30,31)32)13-20(14-38(23)27(37)40)26(39)36-11-10-28(16-36)8-9-28/h13-15,18-19,21,24-25,33-34H,2-12,16-17H2,1H3/t19?,21?,24-,25?/m1/s1. The summed E-state index contributed by atoms with van der Waals surface area (Å²) in [6.07, 6.45) is 8.49. The zero-order valence-electron chi connectivity index (χ0n) is 23.1. The van der Waals surface area contributed by atoms with Crippen molar-refractivity contribution in [3.8, 4) is 0 Å². The average Bonchev–Trinajstić information content (AvgIpc) is 3.17. The Hall–Kier alpha value is -2.37. The van der Waals surface area contributed by atoms with Crippen LogP contribution in [0.5, 0.6) is 0 Å². The largest absolute Gasteiger partial charge is 0.418 e. The lowest BCUT2D eigenvalue weighted by molar-refractivity contribution is -0.136. The number of hydrogen-bond donors (Lipinski definition) is 2. The summed E-state index contributed by atoms with van der Waals surface area (Å²) >= 11 is 0. The van der Waals surface area contributed by atoms with Crippen LogP contribution in [-0.2, 0) is 6.18 Å². The van der Waals surface area contributed by atoms with E-state index in [1.165, 1.54) is 36.2 Å². The molecule has 3 aliphatic carbocycles. The number of carbonyl (C=O) groups excluding carboxylic acids is 1. The van der Waals surface area contributed by atoms with Crippen molar-refractivity contribution in [1.82, 2.24) is 29.6 Å². The van der Waals surface area contributed by atoms with Gasteiger partial charge >= 0.3 is 11.9 Å². The van der Waals surface area contributed by atoms with Crippen molar-refractivity contribution in [2.75, 3.05) is 26.8 Å². The highest BCUT2D eigenvalue weighted by Crippen LogP contribution is 2.53. The van der Waals surface area contributed by atoms with Gasteiger partial charge in [-0.2, -0.15) is 13.2 Å². The summed E-state index contributed by atoms with van der Waals surface area (Å²) in [6, 6.07) is 0.784. The minimum absolute atomic E-state index is 0.0632. The van der Waals surface area contributed by atoms with Crippen molar-refractivity contribution >= 4 is 11.4 Å². The van der Waals surface area contributed by atoms with Gasteiger partial charge in [0.15, 0.2) is 0 Å². The Kier molecular flexibility index (Phi) is 6.36. The number of fused-ring (bicyclic) bond motifs is 1. The minimum atomic E-state index is -4.68. The van der Waals surface area contributed by atoms with Gasteiger partial charge in [0.05, 0.1) is 29.5 Å². The number of amides is 1. The third-order valence-corrected chi connectivity index (χ3v) is 10.8. The third-order valence-electron chi connectivity index (χ3n) is 10.8. The molecule has 2 aromatic heterocycles. The van der Waals surface area contributed by atoms with Crippen molar-refractivity contribution in [2.45, 2.75) is 82.6 Å². The van der Waals surface area contributed by atoms with Gasteiger partial charge in [-0.25, -0.2) is 15.6 Å². The number of halogens is 3. The first kappa shape index (κ1) is 26.5. The van der Waals surface area contributed by atoms with Crippen LogP contribution >= 0.6 is 0 Å². The lowest BCUT2D eigenvalue weighted by Crippen LogP contribution is -2.50. The molecule has 4 atom stereocenters. The highest BCUT2D eigenvalue weighted by Gasteiger charge is 2.49. The Bertz CT molecular complexity index is 1360. The number of hydrazine groups is 1. The van der Waals surface area contributed by atoms with E-state index in [0.29, 0.717) is 30.8 Å². The highest BCUT2D eigenvalue weighted by atomic mass is 19.4. The monoisotopic (exact) mass is 560 g/mol. The summed E-state index contributed by atoms with van der Waals surface area (Å²) in [5.41, 5.74) is 5.24. The van der Waals surface area contributed by atoms with E-state index in [2.05, 4.69) is 22.8 Å². The summed E-state index contributed by atoms with van der Waals surface area (Å²) < 4.78 is 45.5. The second-order valence-corrected chi connectivity index (χ2v) is 13.2. The molecule has 7 rings (SSSR count). The fourth-order valence-corrected chi connectivity index (χ4v) is 8.09. The highest BCUT2D eigenvalue weighted by molar-refractivity contribution is 5.95. The maximum atomic E-state index is 14.3. The number of alkyl halides is 3. The average molecular weight is 561 g/mol. The van der Waals surface area contributed by atoms with E-state index in [1.807, 2.05) is 0 Å². The SMILES string of the molecule is CN1CNNC1[C@H](C1CCC1)C1CCCC(n2cc3c(C(F)(F)F)cc(C(=O)N4CCC5(CC5)C4)cn3c2=O)C1. The van der Waals surface area contributed by atoms with Crippen LogP contribution in [0.1, 0.15) is 86.2 Å². The predicted molar refractivity (Wildman–Crippen MR) is 143 cm³/mol. The van der Waals surface area contributed by atoms with Crippen LogP contribution in [0.4, 0.5) is 13.2 Å². The molecule has 8 nitrogen and oxygen atoms in total. The van der Waals surface area contributed by atoms with Crippen molar-refractivity contribution < 1.29 is 18.0 Å². The van der Waals surface area contributed by atoms with Gasteiger partial charge in [0.1, 0.15) is 0 Å². The van der Waals surface area contributed by atoms with E-state index in [4.69, 9.17) is 0 Å². The van der Waals surface area contributed by atoms with Crippen LogP contribution < -0.4 is 16.5 Å². The van der Waals surface area contributed by atoms with E-state index < -0.39 is 23.3 Å². The number of imidazole rings is 1. The molecule has 0 aromatic carbocycles. The zero-order valence-corrected chi connectivity index (χ0v) is 23.1. The topological polar surface area (TPSA) is 74.0 Å². The van der Waals surface area contributed by atoms with Crippen LogP contribution in [0.3, 0.4) is 0 Å². The maximum Gasteiger partial charge on any atom is 0.418 e. The quantitative estimate of drug-likeness (QED) is 0.573. The lowest BCUT2D eigenvalue weighted by atomic mass is 9.65. The second kappa shape index (κ2) is 9.59. The number of nitrogens with zero attached hydrogens (tertiary/aromatic N) is 4. The Labute approximate surface area is 231 Å². The Balaban J connectivity index is 1.21. The molecule has 5 fully saturated rings. The molecule has 0 radical (unpaired) electrons. The smallest absolute Gasteiger partial charge is 0.338 e. The van der Waals surface area contributed by atoms with E-state index in [1.54, 1.807) is 4.90 Å². The summed E-state index contributed by atoms with van der Waals surface area (Å²) in [7, 11) is 2.11. The molecule has 3 unspecified atom stereocenters. The van der Waals surface area contributed by atoms with Gasteiger partial charge in [0.2, 0.25) is 0 Å². The summed E-state index contributed by atoms with van der Waals surface area (Å²) in [5.74, 6) is 1.01. The van der Waals surface area contributed by atoms with Gasteiger partial charge in [0.25, 0.3) is 5.91 Å². The summed E-state index contributed by atoms with van der Waals surface area (Å²) in [4.78, 5) is 31.0. The van der Waals surface area contributed by atoms with Crippen LogP contribution in [0.2, 0.25) is 0 Å². The Morgan fingerprint density at radius 1 is 1.07 bits per heavy atom. The molecule has 40 heavy (non-hydrogen) atoms. The normalized spacial score (nSPS) is 29.8. The van der Waals surface area contributed by atoms with Gasteiger partial charge in [0, 0.05) is 31.5 Å². The molecular weight excluding hydrogens is 521 g/mol. The Morgan fingerprint density at radius 3 is 2.45 bits per heavy atom. The number of likely N-dealkylation sites (tertiary alicyclic amines) is 1. The zero-order chi connectivity index (χ0) is 27.8. The van der Waals surface area contributed by atoms with Crippen LogP contribution in [0, 0.1) is 23.2 Å². The fraction of sp³-hybridized carbons (Fsp3) is 0.724. The van der Waals surface area contributed by atoms with Crippen LogP contribution in [0.25, 0.3) is 5.52 Å². The number of nitrogens with one attached hydrogen (secondary N) is 2. The fourth-order valence-electron chi connectivity index (χ4n) is 8.09. The number of pyridine rings is 1. The molecule has 1 spiro atoms. The van der Waals surface area contributed by atoms with Crippen LogP contribution in [0.15, 0.2) is 23.3 Å². The van der Waals surface area contributed by atoms with Crippen molar-refractivity contribution in [2.24, 2.45) is 23.2 Å². The Morgan fingerprint density at radius 2 is 1.82 bits per heavy atom. The molecule has 2 saturated heterocycles. The van der Waals surface area contributed by atoms with Crippen molar-refractivity contribution in [1.29, 1.82) is 0 Å². The molecule has 11 heteroatoms. The molecule has 2 aromatic rings. The molecule has 0 bridgehead atoms. The second-order valence-electron chi connectivity index (χ2n) is 13.2. The summed E-state index contributed by atoms with van der Waals surface area (Å²) in [6.45, 7) is 1.92. The van der Waals surface area contributed by atoms with Gasteiger partial charge in [-0.3, -0.25) is 18.7 Å². The first-order valence-electron chi connectivity index (χ1n) is 15.0. The number of carbonyl (C=O) groups is 1. The molecule has 3 saturated carbocycles. The number of rotatable bonds is 5. The molecule has 4 heterocycles. The molecular formula is C29H39F3N6O2. The molecule has 218 valence electrons. The lowest BCUT2D eigenvalue weighted by Gasteiger charge is -2.46. The van der Waals surface area contributed by atoms with Gasteiger partial charge < -0.3 is 4.90 Å². The molecule has 1 amide bonds. The van der Waals surface area contributed by atoms with Crippen molar-refractivity contribution in [3.63, 3.8) is 0 Å². The van der Waals surface area contributed by atoms with E-state index in [0.717, 1.165) is 62.1 Å². The van der Waals surface area contributed by atoms with E-state index >= 15 is 0 Å². The number of aromatic nitrogens is 2.